The second kappa shape index (κ2) is 16.7. The molecule has 0 bridgehead atoms. The molecule has 5 rings (SSSR count). The van der Waals surface area contributed by atoms with Crippen LogP contribution in [0.5, 0.6) is 23.0 Å². The quantitative estimate of drug-likeness (QED) is 0.0934. The number of nitrogens with zero attached hydrogens (tertiary/aromatic N) is 1. The van der Waals surface area contributed by atoms with Crippen LogP contribution in [0.2, 0.25) is 0 Å². The molecule has 48 heavy (non-hydrogen) atoms. The Morgan fingerprint density at radius 2 is 1.58 bits per heavy atom. The highest BCUT2D eigenvalue weighted by Gasteiger charge is 2.23. The molecule has 252 valence electrons. The molecule has 0 aromatic heterocycles. The second-order valence-electron chi connectivity index (χ2n) is 11.4. The average molecular weight is 671 g/mol. The molecule has 0 aliphatic carbocycles. The van der Waals surface area contributed by atoms with Crippen molar-refractivity contribution in [3.05, 3.63) is 106 Å². The molecular formula is C38H43N2O7P. The molecule has 0 saturated heterocycles. The van der Waals surface area contributed by atoms with Crippen molar-refractivity contribution >= 4 is 7.60 Å². The molecule has 0 amide bonds. The summed E-state index contributed by atoms with van der Waals surface area (Å²) in [4.78, 5) is 0. The van der Waals surface area contributed by atoms with Gasteiger partial charge in [-0.15, -0.1) is 0 Å². The van der Waals surface area contributed by atoms with E-state index in [4.69, 9.17) is 28.0 Å². The average Bonchev–Trinajstić information content (AvgIpc) is 3.10. The molecule has 4 aromatic carbocycles. The monoisotopic (exact) mass is 670 g/mol. The van der Waals surface area contributed by atoms with Crippen molar-refractivity contribution in [2.45, 2.75) is 47.5 Å². The van der Waals surface area contributed by atoms with Gasteiger partial charge in [0.1, 0.15) is 37.9 Å². The molecule has 4 aromatic rings. The summed E-state index contributed by atoms with van der Waals surface area (Å²) in [6.07, 6.45) is 0.261. The van der Waals surface area contributed by atoms with E-state index in [1.165, 1.54) is 0 Å². The predicted molar refractivity (Wildman–Crippen MR) is 186 cm³/mol. The minimum absolute atomic E-state index is 0.261. The molecule has 0 atom stereocenters. The molecule has 9 nitrogen and oxygen atoms in total. The zero-order chi connectivity index (χ0) is 33.9. The minimum atomic E-state index is -3.15. The summed E-state index contributed by atoms with van der Waals surface area (Å²) in [6, 6.07) is 25.8. The van der Waals surface area contributed by atoms with Crippen molar-refractivity contribution in [2.75, 3.05) is 39.1 Å². The summed E-state index contributed by atoms with van der Waals surface area (Å²) in [6.45, 7) is 11.0. The highest BCUT2D eigenvalue weighted by Crippen LogP contribution is 2.47. The fourth-order valence-electron chi connectivity index (χ4n) is 5.57. The van der Waals surface area contributed by atoms with E-state index >= 15 is 0 Å². The maximum atomic E-state index is 12.9. The highest BCUT2D eigenvalue weighted by atomic mass is 31.2. The van der Waals surface area contributed by atoms with Gasteiger partial charge in [0.25, 0.3) is 0 Å². The second-order valence-corrected chi connectivity index (χ2v) is 13.6. The third-order valence-electron chi connectivity index (χ3n) is 8.02. The van der Waals surface area contributed by atoms with Gasteiger partial charge in [-0.3, -0.25) is 4.57 Å². The Morgan fingerprint density at radius 1 is 0.833 bits per heavy atom. The maximum absolute atomic E-state index is 12.9. The van der Waals surface area contributed by atoms with E-state index in [0.29, 0.717) is 63.2 Å². The van der Waals surface area contributed by atoms with Gasteiger partial charge in [0.15, 0.2) is 11.5 Å². The summed E-state index contributed by atoms with van der Waals surface area (Å²) in [5.74, 6) is 2.89. The Bertz CT molecular complexity index is 1790. The molecule has 10 heteroatoms. The lowest BCUT2D eigenvalue weighted by atomic mass is 9.96. The van der Waals surface area contributed by atoms with Gasteiger partial charge in [-0.2, -0.15) is 5.26 Å². The number of fused-ring (bicyclic) bond motifs is 1. The van der Waals surface area contributed by atoms with E-state index in [0.717, 1.165) is 50.4 Å². The number of ether oxygens (including phenoxy) is 4. The fourth-order valence-corrected chi connectivity index (χ4v) is 7.12. The van der Waals surface area contributed by atoms with Crippen molar-refractivity contribution in [2.24, 2.45) is 0 Å². The van der Waals surface area contributed by atoms with Gasteiger partial charge in [0.2, 0.25) is 0 Å². The lowest BCUT2D eigenvalue weighted by Crippen LogP contribution is -2.20. The molecule has 0 saturated carbocycles. The fraction of sp³-hybridized carbons (Fsp3) is 0.342. The third-order valence-corrected chi connectivity index (χ3v) is 10.1. The molecular weight excluding hydrogens is 627 g/mol. The predicted octanol–water partition coefficient (Wildman–Crippen LogP) is 8.13. The van der Waals surface area contributed by atoms with Crippen LogP contribution in [0.25, 0.3) is 11.1 Å². The Labute approximate surface area is 283 Å². The van der Waals surface area contributed by atoms with Gasteiger partial charge in [-0.05, 0) is 91.4 Å². The Kier molecular flexibility index (Phi) is 12.2. The number of nitrogens with one attached hydrogen (secondary N) is 1. The third kappa shape index (κ3) is 8.97. The normalized spacial score (nSPS) is 12.4. The van der Waals surface area contributed by atoms with Crippen LogP contribution in [0, 0.1) is 25.2 Å². The van der Waals surface area contributed by atoms with Crippen molar-refractivity contribution < 1.29 is 32.6 Å². The van der Waals surface area contributed by atoms with Crippen molar-refractivity contribution in [3.8, 4) is 40.2 Å². The van der Waals surface area contributed by atoms with E-state index < -0.39 is 7.60 Å². The molecule has 1 heterocycles. The first kappa shape index (κ1) is 35.0. The lowest BCUT2D eigenvalue weighted by Gasteiger charge is -2.20. The molecule has 1 aliphatic heterocycles. The lowest BCUT2D eigenvalue weighted by molar-refractivity contribution is 0.171. The molecule has 0 radical (unpaired) electrons. The van der Waals surface area contributed by atoms with E-state index in [1.807, 2.05) is 55.5 Å². The molecule has 0 spiro atoms. The number of hydrogen-bond donors (Lipinski definition) is 1. The number of aryl methyl sites for hydroxylation is 1. The van der Waals surface area contributed by atoms with Crippen LogP contribution in [0.4, 0.5) is 0 Å². The first-order valence-corrected chi connectivity index (χ1v) is 18.0. The number of hydrogen-bond acceptors (Lipinski definition) is 9. The smallest absolute Gasteiger partial charge is 0.331 e. The van der Waals surface area contributed by atoms with E-state index in [-0.39, 0.29) is 12.8 Å². The van der Waals surface area contributed by atoms with Crippen LogP contribution in [-0.4, -0.2) is 39.1 Å². The number of benzene rings is 4. The van der Waals surface area contributed by atoms with Crippen LogP contribution < -0.4 is 24.3 Å². The maximum Gasteiger partial charge on any atom is 0.331 e. The molecule has 1 N–H and O–H groups in total. The summed E-state index contributed by atoms with van der Waals surface area (Å²) in [5.41, 5.74) is 7.70. The standard InChI is InChI=1S/C38H43N2O7P/c1-5-46-48(41,47-6-2)18-15-40-24-33-19-27(3)36(22-37(33)44-25-30-10-7-9-29(20-30)23-39)45-26-32-11-8-12-34(28(32)4)31-13-14-35-38(21-31)43-17-16-42-35/h7-14,19-22,40H,5-6,15-18,24-26H2,1-4H3. The zero-order valence-corrected chi connectivity index (χ0v) is 28.9. The van der Waals surface area contributed by atoms with Crippen molar-refractivity contribution in [3.63, 3.8) is 0 Å². The van der Waals surface area contributed by atoms with Crippen molar-refractivity contribution in [1.82, 2.24) is 5.32 Å². The largest absolute Gasteiger partial charge is 0.488 e. The van der Waals surface area contributed by atoms with Crippen LogP contribution in [-0.2, 0) is 33.4 Å². The Hall–Kier alpha value is -4.32. The number of rotatable bonds is 16. The van der Waals surface area contributed by atoms with Gasteiger partial charge < -0.3 is 33.3 Å². The van der Waals surface area contributed by atoms with Gasteiger partial charge >= 0.3 is 7.60 Å². The molecule has 0 unspecified atom stereocenters. The van der Waals surface area contributed by atoms with Crippen LogP contribution >= 0.6 is 7.60 Å². The van der Waals surface area contributed by atoms with Crippen LogP contribution in [0.1, 0.15) is 47.2 Å². The topological polar surface area (TPSA) is 108 Å². The highest BCUT2D eigenvalue weighted by molar-refractivity contribution is 7.53. The minimum Gasteiger partial charge on any atom is -0.488 e. The van der Waals surface area contributed by atoms with E-state index in [2.05, 4.69) is 36.5 Å². The molecule has 1 aliphatic rings. The Balaban J connectivity index is 1.33. The van der Waals surface area contributed by atoms with Crippen LogP contribution in [0.3, 0.4) is 0 Å². The van der Waals surface area contributed by atoms with Gasteiger partial charge in [-0.1, -0.05) is 36.4 Å². The van der Waals surface area contributed by atoms with Gasteiger partial charge in [0, 0.05) is 24.7 Å². The SMILES string of the molecule is CCOP(=O)(CCNCc1cc(C)c(OCc2cccc(-c3ccc4c(c3)OCCO4)c2C)cc1OCc1cccc(C#N)c1)OCC. The summed E-state index contributed by atoms with van der Waals surface area (Å²) in [5, 5.41) is 12.7. The first-order chi connectivity index (χ1) is 23.3. The summed E-state index contributed by atoms with van der Waals surface area (Å²) >= 11 is 0. The summed E-state index contributed by atoms with van der Waals surface area (Å²) < 4.78 is 48.1. The number of nitriles is 1. The zero-order valence-electron chi connectivity index (χ0n) is 28.0. The summed E-state index contributed by atoms with van der Waals surface area (Å²) in [7, 11) is -3.15. The van der Waals surface area contributed by atoms with Gasteiger partial charge in [0.05, 0.1) is 31.0 Å². The molecule has 0 fully saturated rings. The van der Waals surface area contributed by atoms with Gasteiger partial charge in [-0.25, -0.2) is 0 Å². The first-order valence-electron chi connectivity index (χ1n) is 16.3. The van der Waals surface area contributed by atoms with E-state index in [1.54, 1.807) is 19.9 Å². The van der Waals surface area contributed by atoms with E-state index in [9.17, 15) is 9.83 Å². The Morgan fingerprint density at radius 3 is 2.35 bits per heavy atom. The van der Waals surface area contributed by atoms with Crippen molar-refractivity contribution in [1.29, 1.82) is 5.26 Å². The van der Waals surface area contributed by atoms with Crippen LogP contribution in [0.15, 0.2) is 72.8 Å².